The Bertz CT molecular complexity index is 1050. The summed E-state index contributed by atoms with van der Waals surface area (Å²) in [7, 11) is 0. The smallest absolute Gasteiger partial charge is 0.255 e. The van der Waals surface area contributed by atoms with Gasteiger partial charge in [0.05, 0.1) is 17.5 Å². The van der Waals surface area contributed by atoms with Crippen LogP contribution in [-0.4, -0.2) is 27.4 Å². The molecule has 5 nitrogen and oxygen atoms in total. The Morgan fingerprint density at radius 3 is 1.94 bits per heavy atom. The molecule has 0 aromatic heterocycles. The molecule has 1 heterocycles. The fourth-order valence-electron chi connectivity index (χ4n) is 5.62. The van der Waals surface area contributed by atoms with Crippen molar-refractivity contribution in [2.24, 2.45) is 23.7 Å². The Kier molecular flexibility index (Phi) is 5.09. The van der Waals surface area contributed by atoms with E-state index in [9.17, 15) is 14.4 Å². The molecule has 0 radical (unpaired) electrons. The van der Waals surface area contributed by atoms with Gasteiger partial charge in [0.15, 0.2) is 0 Å². The van der Waals surface area contributed by atoms with Gasteiger partial charge in [-0.3, -0.25) is 19.3 Å². The first-order valence-electron chi connectivity index (χ1n) is 10.4. The minimum Gasteiger partial charge on any atom is -0.322 e. The number of hydrogen-bond donors (Lipinski definition) is 1. The van der Waals surface area contributed by atoms with E-state index in [1.807, 2.05) is 32.0 Å². The molecule has 3 fully saturated rings. The molecular formula is C24H22Br2N2O3. The Hall–Kier alpha value is -1.99. The number of anilines is 2. The fourth-order valence-corrected chi connectivity index (χ4v) is 7.49. The van der Waals surface area contributed by atoms with Gasteiger partial charge in [-0.25, -0.2) is 0 Å². The highest BCUT2D eigenvalue weighted by Gasteiger charge is 2.66. The largest absolute Gasteiger partial charge is 0.322 e. The number of nitrogens with one attached hydrogen (secondary N) is 1. The molecule has 5 rings (SSSR count). The standard InChI is InChI=1S/C24H22Br2N2O3/c1-11-7-12(2)9-14(8-11)27-22(29)13-3-5-15(6-4-13)28-23(30)18-16-10-17(19(18)24(28)31)21(26)20(16)25/h3-9,16-21H,10H2,1-2H3,(H,27,29)/t16-,17-,18-,19+,20-,21+/m1/s1. The first kappa shape index (κ1) is 20.9. The van der Waals surface area contributed by atoms with Crippen LogP contribution in [0.2, 0.25) is 0 Å². The summed E-state index contributed by atoms with van der Waals surface area (Å²) in [5.74, 6) is -0.578. The van der Waals surface area contributed by atoms with Crippen molar-refractivity contribution < 1.29 is 14.4 Å². The van der Waals surface area contributed by atoms with Crippen molar-refractivity contribution in [2.45, 2.75) is 29.9 Å². The van der Waals surface area contributed by atoms with E-state index in [-0.39, 0.29) is 51.0 Å². The average molecular weight is 546 g/mol. The summed E-state index contributed by atoms with van der Waals surface area (Å²) >= 11 is 7.42. The van der Waals surface area contributed by atoms with Crippen molar-refractivity contribution in [3.63, 3.8) is 0 Å². The lowest BCUT2D eigenvalue weighted by atomic mass is 9.81. The summed E-state index contributed by atoms with van der Waals surface area (Å²) in [5.41, 5.74) is 3.90. The van der Waals surface area contributed by atoms with Gasteiger partial charge in [-0.15, -0.1) is 0 Å². The van der Waals surface area contributed by atoms with Crippen molar-refractivity contribution in [3.05, 3.63) is 59.2 Å². The van der Waals surface area contributed by atoms with E-state index in [1.165, 1.54) is 4.90 Å². The van der Waals surface area contributed by atoms with Crippen molar-refractivity contribution in [1.29, 1.82) is 0 Å². The van der Waals surface area contributed by atoms with Gasteiger partial charge in [-0.1, -0.05) is 37.9 Å². The number of carbonyl (C=O) groups excluding carboxylic acids is 3. The predicted octanol–water partition coefficient (Wildman–Crippen LogP) is 4.84. The Labute approximate surface area is 197 Å². The molecule has 2 saturated carbocycles. The van der Waals surface area contributed by atoms with E-state index in [0.717, 1.165) is 23.2 Å². The summed E-state index contributed by atoms with van der Waals surface area (Å²) in [6, 6.07) is 12.6. The Balaban J connectivity index is 1.35. The quantitative estimate of drug-likeness (QED) is 0.443. The molecule has 160 valence electrons. The Morgan fingerprint density at radius 1 is 0.903 bits per heavy atom. The van der Waals surface area contributed by atoms with Crippen LogP contribution in [0, 0.1) is 37.5 Å². The zero-order valence-electron chi connectivity index (χ0n) is 17.1. The van der Waals surface area contributed by atoms with Crippen molar-refractivity contribution in [1.82, 2.24) is 0 Å². The summed E-state index contributed by atoms with van der Waals surface area (Å²) in [5, 5.41) is 2.91. The van der Waals surface area contributed by atoms with Gasteiger partial charge >= 0.3 is 0 Å². The van der Waals surface area contributed by atoms with Gasteiger partial charge in [0.25, 0.3) is 5.91 Å². The molecule has 2 aromatic rings. The van der Waals surface area contributed by atoms with Crippen LogP contribution in [0.15, 0.2) is 42.5 Å². The number of imide groups is 1. The lowest BCUT2D eigenvalue weighted by molar-refractivity contribution is -0.123. The van der Waals surface area contributed by atoms with Crippen LogP contribution in [0.25, 0.3) is 0 Å². The molecule has 31 heavy (non-hydrogen) atoms. The third-order valence-electron chi connectivity index (χ3n) is 6.85. The molecule has 0 spiro atoms. The van der Waals surface area contributed by atoms with Gasteiger partial charge in [0.2, 0.25) is 11.8 Å². The second-order valence-corrected chi connectivity index (χ2v) is 11.0. The third kappa shape index (κ3) is 3.28. The highest BCUT2D eigenvalue weighted by atomic mass is 79.9. The van der Waals surface area contributed by atoms with Crippen LogP contribution in [0.5, 0.6) is 0 Å². The summed E-state index contributed by atoms with van der Waals surface area (Å²) in [4.78, 5) is 40.7. The second-order valence-electron chi connectivity index (χ2n) is 8.89. The van der Waals surface area contributed by atoms with Crippen LogP contribution in [0.3, 0.4) is 0 Å². The molecule has 3 aliphatic rings. The van der Waals surface area contributed by atoms with Crippen LogP contribution in [0.4, 0.5) is 11.4 Å². The minimum atomic E-state index is -0.247. The van der Waals surface area contributed by atoms with E-state index in [0.29, 0.717) is 11.3 Å². The molecule has 7 heteroatoms. The molecule has 2 aromatic carbocycles. The zero-order valence-corrected chi connectivity index (χ0v) is 20.3. The minimum absolute atomic E-state index is 0.112. The van der Waals surface area contributed by atoms with Gasteiger partial charge in [-0.05, 0) is 79.6 Å². The highest BCUT2D eigenvalue weighted by Crippen LogP contribution is 2.60. The van der Waals surface area contributed by atoms with Gasteiger partial charge in [0.1, 0.15) is 0 Å². The molecule has 1 saturated heterocycles. The molecule has 3 amide bonds. The number of alkyl halides is 2. The van der Waals surface area contributed by atoms with Gasteiger partial charge < -0.3 is 5.32 Å². The molecular weight excluding hydrogens is 524 g/mol. The van der Waals surface area contributed by atoms with E-state index < -0.39 is 0 Å². The summed E-state index contributed by atoms with van der Waals surface area (Å²) < 4.78 is 0. The second kappa shape index (κ2) is 7.55. The molecule has 2 bridgehead atoms. The lowest BCUT2D eigenvalue weighted by Crippen LogP contribution is -2.37. The maximum atomic E-state index is 13.2. The van der Waals surface area contributed by atoms with Crippen LogP contribution in [-0.2, 0) is 9.59 Å². The number of hydrogen-bond acceptors (Lipinski definition) is 3. The Morgan fingerprint density at radius 2 is 1.42 bits per heavy atom. The van der Waals surface area contributed by atoms with Crippen molar-refractivity contribution in [2.75, 3.05) is 10.2 Å². The predicted molar refractivity (Wildman–Crippen MR) is 127 cm³/mol. The number of carbonyl (C=O) groups is 3. The average Bonchev–Trinajstić information content (AvgIpc) is 3.32. The summed E-state index contributed by atoms with van der Waals surface area (Å²) in [6.07, 6.45) is 0.907. The number of halogens is 2. The fraction of sp³-hybridized carbons (Fsp3) is 0.375. The lowest BCUT2D eigenvalue weighted by Gasteiger charge is -2.28. The van der Waals surface area contributed by atoms with E-state index in [1.54, 1.807) is 24.3 Å². The number of amides is 3. The number of aryl methyl sites for hydroxylation is 2. The van der Waals surface area contributed by atoms with Crippen LogP contribution >= 0.6 is 31.9 Å². The van der Waals surface area contributed by atoms with Crippen molar-refractivity contribution in [3.8, 4) is 0 Å². The maximum Gasteiger partial charge on any atom is 0.255 e. The molecule has 1 aliphatic heterocycles. The number of benzene rings is 2. The van der Waals surface area contributed by atoms with E-state index in [2.05, 4.69) is 37.2 Å². The summed E-state index contributed by atoms with van der Waals surface area (Å²) in [6.45, 7) is 3.97. The number of nitrogens with zero attached hydrogens (tertiary/aromatic N) is 1. The van der Waals surface area contributed by atoms with Crippen LogP contribution in [0.1, 0.15) is 27.9 Å². The first-order valence-corrected chi connectivity index (χ1v) is 12.2. The van der Waals surface area contributed by atoms with Crippen LogP contribution < -0.4 is 10.2 Å². The normalized spacial score (nSPS) is 31.3. The monoisotopic (exact) mass is 544 g/mol. The van der Waals surface area contributed by atoms with E-state index >= 15 is 0 Å². The number of rotatable bonds is 3. The molecule has 2 aliphatic carbocycles. The van der Waals surface area contributed by atoms with E-state index in [4.69, 9.17) is 0 Å². The van der Waals surface area contributed by atoms with Gasteiger partial charge in [0, 0.05) is 20.9 Å². The first-order chi connectivity index (χ1) is 14.8. The SMILES string of the molecule is Cc1cc(C)cc(NC(=O)c2ccc(N3C(=O)[C@@H]4[C@H]5C[C@@H]([C@H](Br)[C@@H]5Br)[C@@H]4C3=O)cc2)c1. The van der Waals surface area contributed by atoms with Crippen molar-refractivity contribution >= 4 is 61.0 Å². The van der Waals surface area contributed by atoms with Gasteiger partial charge in [-0.2, -0.15) is 0 Å². The molecule has 0 unspecified atom stereocenters. The molecule has 1 N–H and O–H groups in total. The topological polar surface area (TPSA) is 66.5 Å². The molecule has 6 atom stereocenters. The number of fused-ring (bicyclic) bond motifs is 5. The maximum absolute atomic E-state index is 13.2. The zero-order chi connectivity index (χ0) is 22.0. The highest BCUT2D eigenvalue weighted by molar-refractivity contribution is 9.12. The third-order valence-corrected chi connectivity index (χ3v) is 10.1.